The van der Waals surface area contributed by atoms with E-state index in [4.69, 9.17) is 5.73 Å². The molecule has 0 aliphatic carbocycles. The monoisotopic (exact) mass is 232 g/mol. The van der Waals surface area contributed by atoms with Gasteiger partial charge in [0.15, 0.2) is 0 Å². The van der Waals surface area contributed by atoms with Crippen LogP contribution in [0.2, 0.25) is 0 Å². The Hall–Kier alpha value is -1.02. The summed E-state index contributed by atoms with van der Waals surface area (Å²) in [5.41, 5.74) is 9.74. The van der Waals surface area contributed by atoms with Crippen LogP contribution >= 0.6 is 0 Å². The lowest BCUT2D eigenvalue weighted by atomic mass is 10.0. The highest BCUT2D eigenvalue weighted by Gasteiger charge is 2.26. The molecule has 1 aromatic carbocycles. The molecule has 1 aliphatic heterocycles. The van der Waals surface area contributed by atoms with Crippen LogP contribution in [0.3, 0.4) is 0 Å². The van der Waals surface area contributed by atoms with Crippen molar-refractivity contribution in [3.05, 3.63) is 29.3 Å². The molecule has 94 valence electrons. The zero-order valence-electron chi connectivity index (χ0n) is 11.2. The number of hydrogen-bond acceptors (Lipinski definition) is 2. The van der Waals surface area contributed by atoms with E-state index in [2.05, 4.69) is 43.9 Å². The number of rotatable bonds is 3. The minimum Gasteiger partial charge on any atom is -0.371 e. The van der Waals surface area contributed by atoms with Gasteiger partial charge in [-0.3, -0.25) is 0 Å². The van der Waals surface area contributed by atoms with Crippen molar-refractivity contribution in [3.63, 3.8) is 0 Å². The van der Waals surface area contributed by atoms with Gasteiger partial charge in [0.1, 0.15) is 0 Å². The van der Waals surface area contributed by atoms with Gasteiger partial charge in [-0.05, 0) is 48.9 Å². The van der Waals surface area contributed by atoms with Crippen LogP contribution in [0.25, 0.3) is 0 Å². The van der Waals surface area contributed by atoms with Gasteiger partial charge in [0, 0.05) is 18.8 Å². The zero-order chi connectivity index (χ0) is 12.4. The molecule has 1 fully saturated rings. The fourth-order valence-electron chi connectivity index (χ4n) is 2.72. The smallest absolute Gasteiger partial charge is 0.0396 e. The molecule has 0 aromatic heterocycles. The molecule has 2 nitrogen and oxygen atoms in total. The Morgan fingerprint density at radius 3 is 2.41 bits per heavy atom. The maximum absolute atomic E-state index is 5.60. The van der Waals surface area contributed by atoms with Crippen LogP contribution in [0.5, 0.6) is 0 Å². The van der Waals surface area contributed by atoms with Gasteiger partial charge in [-0.15, -0.1) is 0 Å². The molecule has 1 saturated heterocycles. The summed E-state index contributed by atoms with van der Waals surface area (Å²) >= 11 is 0. The van der Waals surface area contributed by atoms with Crippen molar-refractivity contribution < 1.29 is 0 Å². The van der Waals surface area contributed by atoms with Gasteiger partial charge < -0.3 is 10.6 Å². The lowest BCUT2D eigenvalue weighted by Gasteiger charge is -2.21. The van der Waals surface area contributed by atoms with Crippen molar-refractivity contribution in [2.45, 2.75) is 27.2 Å². The minimum absolute atomic E-state index is 0.733. The first kappa shape index (κ1) is 12.4. The van der Waals surface area contributed by atoms with Crippen LogP contribution in [0.1, 0.15) is 25.0 Å². The summed E-state index contributed by atoms with van der Waals surface area (Å²) in [5, 5.41) is 0. The molecular formula is C15H24N2. The third-order valence-corrected chi connectivity index (χ3v) is 4.02. The number of hydrogen-bond donors (Lipinski definition) is 1. The van der Waals surface area contributed by atoms with Gasteiger partial charge >= 0.3 is 0 Å². The number of aryl methyl sites for hydroxylation is 1. The molecule has 2 rings (SSSR count). The molecule has 2 unspecified atom stereocenters. The summed E-state index contributed by atoms with van der Waals surface area (Å²) in [6, 6.07) is 6.78. The second-order valence-electron chi connectivity index (χ2n) is 5.52. The molecule has 17 heavy (non-hydrogen) atoms. The van der Waals surface area contributed by atoms with E-state index in [1.807, 2.05) is 0 Å². The third-order valence-electron chi connectivity index (χ3n) is 4.02. The standard InChI is InChI=1S/C15H24N2/c1-11-8-14(6-7-16)4-5-15(11)17-9-12(2)13(3)10-17/h4-5,8,12-13H,6-7,9-10,16H2,1-3H3. The van der Waals surface area contributed by atoms with Crippen LogP contribution in [-0.2, 0) is 6.42 Å². The van der Waals surface area contributed by atoms with Crippen molar-refractivity contribution in [3.8, 4) is 0 Å². The fourth-order valence-corrected chi connectivity index (χ4v) is 2.72. The fraction of sp³-hybridized carbons (Fsp3) is 0.600. The second kappa shape index (κ2) is 5.09. The van der Waals surface area contributed by atoms with E-state index in [0.717, 1.165) is 24.8 Å². The average Bonchev–Trinajstić information content (AvgIpc) is 2.59. The highest BCUT2D eigenvalue weighted by atomic mass is 15.2. The number of nitrogens with two attached hydrogens (primary N) is 1. The van der Waals surface area contributed by atoms with Crippen LogP contribution in [0, 0.1) is 18.8 Å². The molecule has 0 saturated carbocycles. The normalized spacial score (nSPS) is 24.4. The summed E-state index contributed by atoms with van der Waals surface area (Å²) in [6.07, 6.45) is 0.980. The molecule has 1 aliphatic rings. The Bertz CT molecular complexity index is 377. The van der Waals surface area contributed by atoms with Crippen LogP contribution < -0.4 is 10.6 Å². The SMILES string of the molecule is Cc1cc(CCN)ccc1N1CC(C)C(C)C1. The van der Waals surface area contributed by atoms with Crippen LogP contribution in [-0.4, -0.2) is 19.6 Å². The highest BCUT2D eigenvalue weighted by Crippen LogP contribution is 2.30. The summed E-state index contributed by atoms with van der Waals surface area (Å²) < 4.78 is 0. The maximum atomic E-state index is 5.60. The molecule has 2 N–H and O–H groups in total. The van der Waals surface area contributed by atoms with Crippen molar-refractivity contribution in [1.82, 2.24) is 0 Å². The summed E-state index contributed by atoms with van der Waals surface area (Å²) in [5.74, 6) is 1.61. The van der Waals surface area contributed by atoms with Crippen molar-refractivity contribution in [2.75, 3.05) is 24.5 Å². The minimum atomic E-state index is 0.733. The van der Waals surface area contributed by atoms with Gasteiger partial charge in [0.25, 0.3) is 0 Å². The van der Waals surface area contributed by atoms with Gasteiger partial charge in [-0.25, -0.2) is 0 Å². The summed E-state index contributed by atoms with van der Waals surface area (Å²) in [4.78, 5) is 2.52. The van der Waals surface area contributed by atoms with E-state index >= 15 is 0 Å². The van der Waals surface area contributed by atoms with Crippen LogP contribution in [0.4, 0.5) is 5.69 Å². The van der Waals surface area contributed by atoms with Gasteiger partial charge in [0.2, 0.25) is 0 Å². The molecule has 0 bridgehead atoms. The first-order chi connectivity index (χ1) is 8.11. The predicted molar refractivity (Wildman–Crippen MR) is 74.5 cm³/mol. The van der Waals surface area contributed by atoms with Crippen molar-refractivity contribution in [2.24, 2.45) is 17.6 Å². The Labute approximate surface area is 105 Å². The molecule has 0 amide bonds. The van der Waals surface area contributed by atoms with E-state index in [9.17, 15) is 0 Å². The Morgan fingerprint density at radius 1 is 1.24 bits per heavy atom. The molecule has 1 heterocycles. The van der Waals surface area contributed by atoms with Crippen molar-refractivity contribution in [1.29, 1.82) is 0 Å². The number of benzene rings is 1. The first-order valence-corrected chi connectivity index (χ1v) is 6.66. The van der Waals surface area contributed by atoms with Crippen LogP contribution in [0.15, 0.2) is 18.2 Å². The quantitative estimate of drug-likeness (QED) is 0.868. The average molecular weight is 232 g/mol. The number of nitrogens with zero attached hydrogens (tertiary/aromatic N) is 1. The second-order valence-corrected chi connectivity index (χ2v) is 5.52. The maximum Gasteiger partial charge on any atom is 0.0396 e. The van der Waals surface area contributed by atoms with E-state index in [0.29, 0.717) is 0 Å². The van der Waals surface area contributed by atoms with Gasteiger partial charge in [-0.1, -0.05) is 26.0 Å². The third kappa shape index (κ3) is 2.63. The Morgan fingerprint density at radius 2 is 1.88 bits per heavy atom. The summed E-state index contributed by atoms with van der Waals surface area (Å²) in [7, 11) is 0. The van der Waals surface area contributed by atoms with E-state index < -0.39 is 0 Å². The molecule has 0 spiro atoms. The molecule has 1 aromatic rings. The predicted octanol–water partition coefficient (Wildman–Crippen LogP) is 2.59. The molecule has 0 radical (unpaired) electrons. The lowest BCUT2D eigenvalue weighted by molar-refractivity contribution is 0.494. The van der Waals surface area contributed by atoms with E-state index in [-0.39, 0.29) is 0 Å². The highest BCUT2D eigenvalue weighted by molar-refractivity contribution is 5.55. The summed E-state index contributed by atoms with van der Waals surface area (Å²) in [6.45, 7) is 10.0. The Balaban J connectivity index is 2.17. The first-order valence-electron chi connectivity index (χ1n) is 6.66. The zero-order valence-corrected chi connectivity index (χ0v) is 11.2. The number of anilines is 1. The largest absolute Gasteiger partial charge is 0.371 e. The lowest BCUT2D eigenvalue weighted by Crippen LogP contribution is -2.20. The van der Waals surface area contributed by atoms with Gasteiger partial charge in [0.05, 0.1) is 0 Å². The van der Waals surface area contributed by atoms with Gasteiger partial charge in [-0.2, -0.15) is 0 Å². The topological polar surface area (TPSA) is 29.3 Å². The van der Waals surface area contributed by atoms with E-state index in [1.54, 1.807) is 0 Å². The molecule has 2 heteroatoms. The molecule has 2 atom stereocenters. The van der Waals surface area contributed by atoms with E-state index in [1.165, 1.54) is 29.9 Å². The molecular weight excluding hydrogens is 208 g/mol. The van der Waals surface area contributed by atoms with Crippen molar-refractivity contribution >= 4 is 5.69 Å². The Kier molecular flexibility index (Phi) is 3.72.